The fraction of sp³-hybridized carbons (Fsp3) is 0.111. The van der Waals surface area contributed by atoms with Crippen LogP contribution in [0, 0.1) is 0 Å². The Balaban J connectivity index is -0.000000132. The number of hydrogen-bond donors (Lipinski definition) is 2. The molecule has 1 amide bonds. The minimum Gasteiger partial charge on any atom is -0.543 e. The number of pyridine rings is 2. The number of guanidine groups is 1. The van der Waals surface area contributed by atoms with Crippen LogP contribution in [0.15, 0.2) is 36.4 Å². The number of aromatic carboxylic acids is 4. The number of rotatable bonds is 4. The summed E-state index contributed by atoms with van der Waals surface area (Å²) in [6.45, 7) is 0.381. The van der Waals surface area contributed by atoms with Crippen LogP contribution >= 0.6 is 0 Å². The van der Waals surface area contributed by atoms with Gasteiger partial charge in [-0.3, -0.25) is 15.1 Å². The number of likely N-dealkylation sites (N-methyl/N-ethyl adjacent to an activating group) is 1. The molecule has 2 aromatic heterocycles. The van der Waals surface area contributed by atoms with Gasteiger partial charge in [0.1, 0.15) is 0 Å². The number of carboxylic acid groups (broad SMARTS) is 4. The third-order valence-electron chi connectivity index (χ3n) is 3.39. The second-order valence-corrected chi connectivity index (χ2v) is 5.76. The first kappa shape index (κ1) is 42.6. The van der Waals surface area contributed by atoms with Crippen molar-refractivity contribution in [2.24, 2.45) is 5.73 Å². The molecule has 0 unspecified atom stereocenters. The molecular weight excluding hydrogens is 553 g/mol. The van der Waals surface area contributed by atoms with Gasteiger partial charge in [0.15, 0.2) is 6.54 Å². The number of amides is 1. The molecule has 3 rings (SSSR count). The van der Waals surface area contributed by atoms with Gasteiger partial charge in [0.2, 0.25) is 0 Å². The van der Waals surface area contributed by atoms with Gasteiger partial charge >= 0.3 is 28.4 Å². The number of aromatic nitrogens is 2. The predicted octanol–water partition coefficient (Wildman–Crippen LogP) is -9.71. The summed E-state index contributed by atoms with van der Waals surface area (Å²) in [4.78, 5) is 57.7. The van der Waals surface area contributed by atoms with Crippen molar-refractivity contribution >= 4 is 35.7 Å². The van der Waals surface area contributed by atoms with Gasteiger partial charge in [0.05, 0.1) is 53.7 Å². The Morgan fingerprint density at radius 1 is 0.784 bits per heavy atom. The van der Waals surface area contributed by atoms with Crippen LogP contribution in [-0.4, -0.2) is 80.3 Å². The molecule has 12 N–H and O–H groups in total. The van der Waals surface area contributed by atoms with Crippen molar-refractivity contribution < 1.29 is 87.4 Å². The minimum atomic E-state index is -1.52. The molecule has 0 fully saturated rings. The molecular formula is C18H23N5NiO13. The van der Waals surface area contributed by atoms with E-state index in [9.17, 15) is 44.4 Å². The SMILES string of the molecule is C[N+]1=C(N)NC(=O)C1.O.O.O.O=C([O-])c1cccc(C(=O)[O-])n1.O=C([O-])c1cccc(C(=O)[O-])n1.[Ni+2].[OH3+]. The Morgan fingerprint density at radius 2 is 1.05 bits per heavy atom. The number of nitrogens with two attached hydrogens (primary N) is 1. The Labute approximate surface area is 217 Å². The molecule has 0 atom stereocenters. The summed E-state index contributed by atoms with van der Waals surface area (Å²) < 4.78 is 1.66. The van der Waals surface area contributed by atoms with Gasteiger partial charge in [-0.1, -0.05) is 12.1 Å². The molecule has 0 saturated carbocycles. The number of carbonyl (C=O) groups is 5. The van der Waals surface area contributed by atoms with Crippen LogP contribution in [0.3, 0.4) is 0 Å². The Morgan fingerprint density at radius 3 is 1.19 bits per heavy atom. The molecule has 0 bridgehead atoms. The second kappa shape index (κ2) is 19.7. The zero-order chi connectivity index (χ0) is 24.4. The van der Waals surface area contributed by atoms with Crippen molar-refractivity contribution in [1.82, 2.24) is 15.3 Å². The van der Waals surface area contributed by atoms with E-state index in [-0.39, 0.29) is 44.3 Å². The summed E-state index contributed by atoms with van der Waals surface area (Å²) in [6, 6.07) is 7.07. The molecule has 0 aromatic carbocycles. The molecule has 2 aromatic rings. The minimum absolute atomic E-state index is 0. The molecule has 1 aliphatic heterocycles. The zero-order valence-corrected chi connectivity index (χ0v) is 19.6. The van der Waals surface area contributed by atoms with Crippen LogP contribution in [0.5, 0.6) is 0 Å². The van der Waals surface area contributed by atoms with Crippen molar-refractivity contribution in [2.45, 2.75) is 0 Å². The summed E-state index contributed by atoms with van der Waals surface area (Å²) >= 11 is 0. The molecule has 18 nitrogen and oxygen atoms in total. The Bertz CT molecular complexity index is 969. The molecule has 0 spiro atoms. The molecule has 0 saturated heterocycles. The van der Waals surface area contributed by atoms with Crippen LogP contribution in [0.4, 0.5) is 0 Å². The molecule has 3 heterocycles. The van der Waals surface area contributed by atoms with Gasteiger partial charge in [-0.15, -0.1) is 0 Å². The molecule has 0 radical (unpaired) electrons. The average molecular weight is 576 g/mol. The Kier molecular flexibility index (Phi) is 22.7. The van der Waals surface area contributed by atoms with Crippen LogP contribution < -0.4 is 31.5 Å². The number of carboxylic acids is 4. The molecule has 1 aliphatic rings. The topological polar surface area (TPSA) is 372 Å². The first-order valence-electron chi connectivity index (χ1n) is 8.35. The van der Waals surface area contributed by atoms with Crippen molar-refractivity contribution in [3.63, 3.8) is 0 Å². The standard InChI is InChI=1S/2C7H5NO4.C4H7N3O.Ni.4H2O/c2*9-6(10)4-2-1-3-5(8-4)7(11)12;1-7-2-3(8)6-4(7)5;;;;;/h2*1-3H,(H,9,10)(H,11,12);2H2,1H3,(H2,5,6,8);;4*1H2/q;;;+2;;;;/p-2. The van der Waals surface area contributed by atoms with Gasteiger partial charge < -0.3 is 61.5 Å². The maximum Gasteiger partial charge on any atom is 2.00 e. The maximum atomic E-state index is 10.4. The molecule has 0 aliphatic carbocycles. The van der Waals surface area contributed by atoms with Gasteiger partial charge in [-0.2, -0.15) is 0 Å². The van der Waals surface area contributed by atoms with Crippen LogP contribution in [0.2, 0.25) is 0 Å². The zero-order valence-electron chi connectivity index (χ0n) is 18.7. The van der Waals surface area contributed by atoms with Gasteiger partial charge in [0.25, 0.3) is 0 Å². The summed E-state index contributed by atoms with van der Waals surface area (Å²) in [5.41, 5.74) is 3.60. The van der Waals surface area contributed by atoms with E-state index in [1.807, 2.05) is 0 Å². The van der Waals surface area contributed by atoms with E-state index in [4.69, 9.17) is 5.73 Å². The van der Waals surface area contributed by atoms with Gasteiger partial charge in [-0.25, -0.2) is 15.3 Å². The third kappa shape index (κ3) is 14.5. The molecule has 208 valence electrons. The first-order chi connectivity index (χ1) is 14.9. The van der Waals surface area contributed by atoms with Crippen molar-refractivity contribution in [1.29, 1.82) is 0 Å². The first-order valence-corrected chi connectivity index (χ1v) is 8.35. The van der Waals surface area contributed by atoms with Gasteiger partial charge in [-0.05, 0) is 24.3 Å². The smallest absolute Gasteiger partial charge is 0.543 e. The fourth-order valence-corrected chi connectivity index (χ4v) is 1.90. The summed E-state index contributed by atoms with van der Waals surface area (Å²) in [6.07, 6.45) is 0. The summed E-state index contributed by atoms with van der Waals surface area (Å²) in [5, 5.41) is 43.2. The average Bonchev–Trinajstić information content (AvgIpc) is 3.04. The van der Waals surface area contributed by atoms with Gasteiger partial charge in [0, 0.05) is 0 Å². The third-order valence-corrected chi connectivity index (χ3v) is 3.39. The van der Waals surface area contributed by atoms with Crippen LogP contribution in [0.1, 0.15) is 42.0 Å². The monoisotopic (exact) mass is 575 g/mol. The predicted molar refractivity (Wildman–Crippen MR) is 110 cm³/mol. The fourth-order valence-electron chi connectivity index (χ4n) is 1.90. The van der Waals surface area contributed by atoms with Crippen molar-refractivity contribution in [3.8, 4) is 0 Å². The van der Waals surface area contributed by atoms with E-state index in [1.165, 1.54) is 12.1 Å². The van der Waals surface area contributed by atoms with Crippen molar-refractivity contribution in [3.05, 3.63) is 59.2 Å². The van der Waals surface area contributed by atoms with E-state index in [0.29, 0.717) is 12.5 Å². The largest absolute Gasteiger partial charge is 2.00 e. The normalized spacial score (nSPS) is 10.2. The van der Waals surface area contributed by atoms with Crippen molar-refractivity contribution in [2.75, 3.05) is 13.6 Å². The van der Waals surface area contributed by atoms with E-state index >= 15 is 0 Å². The van der Waals surface area contributed by atoms with E-state index in [0.717, 1.165) is 24.3 Å². The number of nitrogens with one attached hydrogen (secondary N) is 1. The molecule has 37 heavy (non-hydrogen) atoms. The quantitative estimate of drug-likeness (QED) is 0.195. The van der Waals surface area contributed by atoms with E-state index in [2.05, 4.69) is 15.3 Å². The number of hydrogen-bond acceptors (Lipinski definition) is 12. The number of carbonyl (C=O) groups excluding carboxylic acids is 5. The number of nitrogens with zero attached hydrogens (tertiary/aromatic N) is 3. The summed E-state index contributed by atoms with van der Waals surface area (Å²) in [7, 11) is 1.76. The second-order valence-electron chi connectivity index (χ2n) is 5.76. The molecule has 19 heteroatoms. The van der Waals surface area contributed by atoms with Crippen LogP contribution in [0.25, 0.3) is 0 Å². The van der Waals surface area contributed by atoms with E-state index < -0.39 is 46.7 Å². The Hall–Kier alpha value is -4.55. The summed E-state index contributed by atoms with van der Waals surface area (Å²) in [5.74, 6) is -5.66. The van der Waals surface area contributed by atoms with Crippen LogP contribution in [-0.2, 0) is 26.8 Å². The van der Waals surface area contributed by atoms with E-state index in [1.54, 1.807) is 11.6 Å². The maximum absolute atomic E-state index is 10.4.